The number of nitrogens with zero attached hydrogens (tertiary/aromatic N) is 2. The van der Waals surface area contributed by atoms with Crippen molar-refractivity contribution in [2.75, 3.05) is 31.2 Å². The van der Waals surface area contributed by atoms with Crippen LogP contribution in [-0.2, 0) is 10.2 Å². The predicted octanol–water partition coefficient (Wildman–Crippen LogP) is 4.88. The maximum Gasteiger partial charge on any atom is 0.0642 e. The zero-order valence-electron chi connectivity index (χ0n) is 15.7. The largest absolute Gasteiger partial charge is 0.378 e. The Kier molecular flexibility index (Phi) is 5.24. The van der Waals surface area contributed by atoms with Gasteiger partial charge >= 0.3 is 0 Å². The molecular formula is C22H28N2O. The number of morpholine rings is 1. The van der Waals surface area contributed by atoms with Gasteiger partial charge in [-0.05, 0) is 53.3 Å². The van der Waals surface area contributed by atoms with Crippen molar-refractivity contribution in [1.82, 2.24) is 0 Å². The van der Waals surface area contributed by atoms with Crippen molar-refractivity contribution in [3.8, 4) is 0 Å². The van der Waals surface area contributed by atoms with E-state index in [1.54, 1.807) is 0 Å². The van der Waals surface area contributed by atoms with Gasteiger partial charge in [0.25, 0.3) is 0 Å². The second-order valence-electron chi connectivity index (χ2n) is 7.70. The van der Waals surface area contributed by atoms with Crippen molar-refractivity contribution >= 4 is 17.6 Å². The zero-order valence-corrected chi connectivity index (χ0v) is 15.7. The summed E-state index contributed by atoms with van der Waals surface area (Å²) in [6, 6.07) is 15.1. The van der Waals surface area contributed by atoms with Crippen molar-refractivity contribution in [2.24, 2.45) is 4.99 Å². The summed E-state index contributed by atoms with van der Waals surface area (Å²) in [6.07, 6.45) is 1.96. The lowest BCUT2D eigenvalue weighted by molar-refractivity contribution is 0.122. The number of benzene rings is 2. The topological polar surface area (TPSA) is 24.8 Å². The molecule has 0 radical (unpaired) electrons. The molecule has 2 aromatic rings. The van der Waals surface area contributed by atoms with Crippen molar-refractivity contribution in [2.45, 2.75) is 33.1 Å². The highest BCUT2D eigenvalue weighted by Crippen LogP contribution is 2.25. The summed E-state index contributed by atoms with van der Waals surface area (Å²) in [6.45, 7) is 12.4. The summed E-state index contributed by atoms with van der Waals surface area (Å²) >= 11 is 0. The average Bonchev–Trinajstić information content (AvgIpc) is 2.61. The molecule has 0 bridgehead atoms. The summed E-state index contributed by atoms with van der Waals surface area (Å²) in [5.41, 5.74) is 6.18. The number of aryl methyl sites for hydroxylation is 1. The van der Waals surface area contributed by atoms with Gasteiger partial charge < -0.3 is 9.64 Å². The molecule has 3 heteroatoms. The third kappa shape index (κ3) is 4.49. The number of rotatable bonds is 3. The smallest absolute Gasteiger partial charge is 0.0642 e. The van der Waals surface area contributed by atoms with Crippen molar-refractivity contribution in [3.63, 3.8) is 0 Å². The minimum atomic E-state index is 0.175. The lowest BCUT2D eigenvalue weighted by atomic mass is 9.87. The second-order valence-corrected chi connectivity index (χ2v) is 7.70. The fourth-order valence-corrected chi connectivity index (χ4v) is 3.01. The Balaban J connectivity index is 1.72. The third-order valence-corrected chi connectivity index (χ3v) is 4.72. The lowest BCUT2D eigenvalue weighted by Gasteiger charge is -2.29. The molecule has 0 aromatic heterocycles. The molecule has 3 nitrogen and oxygen atoms in total. The van der Waals surface area contributed by atoms with E-state index in [1.165, 1.54) is 16.8 Å². The predicted molar refractivity (Wildman–Crippen MR) is 107 cm³/mol. The van der Waals surface area contributed by atoms with Gasteiger partial charge in [-0.15, -0.1) is 0 Å². The molecular weight excluding hydrogens is 308 g/mol. The van der Waals surface area contributed by atoms with Crippen LogP contribution >= 0.6 is 0 Å². The summed E-state index contributed by atoms with van der Waals surface area (Å²) in [7, 11) is 0. The minimum Gasteiger partial charge on any atom is -0.378 e. The number of hydrogen-bond donors (Lipinski definition) is 0. The molecule has 0 saturated carbocycles. The van der Waals surface area contributed by atoms with Gasteiger partial charge in [0.2, 0.25) is 0 Å². The summed E-state index contributed by atoms with van der Waals surface area (Å²) in [5.74, 6) is 0. The molecule has 0 N–H and O–H groups in total. The van der Waals surface area contributed by atoms with Gasteiger partial charge in [-0.2, -0.15) is 0 Å². The molecule has 1 saturated heterocycles. The van der Waals surface area contributed by atoms with Crippen molar-refractivity contribution in [3.05, 3.63) is 59.2 Å². The maximum atomic E-state index is 5.43. The van der Waals surface area contributed by atoms with Gasteiger partial charge in [0.15, 0.2) is 0 Å². The Hall–Kier alpha value is -2.13. The fraction of sp³-hybridized carbons (Fsp3) is 0.409. The van der Waals surface area contributed by atoms with Crippen LogP contribution in [0.25, 0.3) is 0 Å². The zero-order chi connectivity index (χ0) is 17.9. The molecule has 0 atom stereocenters. The number of anilines is 1. The molecule has 1 aliphatic rings. The van der Waals surface area contributed by atoms with Crippen molar-refractivity contribution in [1.29, 1.82) is 0 Å². The first-order chi connectivity index (χ1) is 11.9. The minimum absolute atomic E-state index is 0.175. The Morgan fingerprint density at radius 1 is 1.00 bits per heavy atom. The van der Waals surface area contributed by atoms with Gasteiger partial charge in [0, 0.05) is 25.0 Å². The summed E-state index contributed by atoms with van der Waals surface area (Å²) in [5, 5.41) is 0. The van der Waals surface area contributed by atoms with E-state index < -0.39 is 0 Å². The van der Waals surface area contributed by atoms with Crippen LogP contribution in [0.4, 0.5) is 11.4 Å². The van der Waals surface area contributed by atoms with E-state index >= 15 is 0 Å². The van der Waals surface area contributed by atoms with E-state index in [1.807, 2.05) is 6.21 Å². The van der Waals surface area contributed by atoms with Gasteiger partial charge in [0.05, 0.1) is 18.9 Å². The first-order valence-corrected chi connectivity index (χ1v) is 9.01. The van der Waals surface area contributed by atoms with Gasteiger partial charge in [-0.25, -0.2) is 0 Å². The average molecular weight is 336 g/mol. The molecule has 132 valence electrons. The normalized spacial score (nSPS) is 15.8. The van der Waals surface area contributed by atoms with E-state index in [2.05, 4.69) is 80.1 Å². The molecule has 0 spiro atoms. The molecule has 0 unspecified atom stereocenters. The first kappa shape index (κ1) is 17.7. The monoisotopic (exact) mass is 336 g/mol. The SMILES string of the molecule is Cc1cc(N2CCOCC2)ccc1C=Nc1ccc(C(C)(C)C)cc1. The van der Waals surface area contributed by atoms with Crippen LogP contribution in [0.3, 0.4) is 0 Å². The van der Waals surface area contributed by atoms with E-state index in [4.69, 9.17) is 4.74 Å². The highest BCUT2D eigenvalue weighted by Gasteiger charge is 2.13. The highest BCUT2D eigenvalue weighted by molar-refractivity contribution is 5.84. The van der Waals surface area contributed by atoms with E-state index in [9.17, 15) is 0 Å². The van der Waals surface area contributed by atoms with E-state index in [-0.39, 0.29) is 5.41 Å². The fourth-order valence-electron chi connectivity index (χ4n) is 3.01. The van der Waals surface area contributed by atoms with Crippen LogP contribution in [0.1, 0.15) is 37.5 Å². The van der Waals surface area contributed by atoms with Crippen LogP contribution in [0, 0.1) is 6.92 Å². The van der Waals surface area contributed by atoms with Crippen LogP contribution in [0.15, 0.2) is 47.5 Å². The quantitative estimate of drug-likeness (QED) is 0.746. The Morgan fingerprint density at radius 3 is 2.28 bits per heavy atom. The van der Waals surface area contributed by atoms with Gasteiger partial charge in [0.1, 0.15) is 0 Å². The Morgan fingerprint density at radius 2 is 1.68 bits per heavy atom. The summed E-state index contributed by atoms with van der Waals surface area (Å²) in [4.78, 5) is 7.02. The molecule has 2 aromatic carbocycles. The van der Waals surface area contributed by atoms with Gasteiger partial charge in [-0.3, -0.25) is 4.99 Å². The standard InChI is InChI=1S/C22H28N2O/c1-17-15-21(24-11-13-25-14-12-24)10-5-18(17)16-23-20-8-6-19(7-9-20)22(2,3)4/h5-10,15-16H,11-14H2,1-4H3. The number of aliphatic imine (C=N–C) groups is 1. The van der Waals surface area contributed by atoms with Crippen molar-refractivity contribution < 1.29 is 4.74 Å². The third-order valence-electron chi connectivity index (χ3n) is 4.72. The van der Waals surface area contributed by atoms with Crippen LogP contribution < -0.4 is 4.90 Å². The molecule has 3 rings (SSSR count). The van der Waals surface area contributed by atoms with Crippen LogP contribution in [0.2, 0.25) is 0 Å². The van der Waals surface area contributed by atoms with E-state index in [0.29, 0.717) is 0 Å². The summed E-state index contributed by atoms with van der Waals surface area (Å²) < 4.78 is 5.43. The molecule has 25 heavy (non-hydrogen) atoms. The maximum absolute atomic E-state index is 5.43. The first-order valence-electron chi connectivity index (χ1n) is 9.01. The molecule has 1 fully saturated rings. The van der Waals surface area contributed by atoms with E-state index in [0.717, 1.165) is 37.6 Å². The molecule has 1 aliphatic heterocycles. The lowest BCUT2D eigenvalue weighted by Crippen LogP contribution is -2.36. The molecule has 0 amide bonds. The van der Waals surface area contributed by atoms with Gasteiger partial charge in [-0.1, -0.05) is 39.0 Å². The number of ether oxygens (including phenoxy) is 1. The Bertz CT molecular complexity index is 736. The molecule has 0 aliphatic carbocycles. The van der Waals surface area contributed by atoms with Crippen LogP contribution in [-0.4, -0.2) is 32.5 Å². The molecule has 1 heterocycles. The van der Waals surface area contributed by atoms with Crippen LogP contribution in [0.5, 0.6) is 0 Å². The highest BCUT2D eigenvalue weighted by atomic mass is 16.5. The number of hydrogen-bond acceptors (Lipinski definition) is 3. The Labute approximate surface area is 151 Å². The second kappa shape index (κ2) is 7.40.